The Kier molecular flexibility index (Phi) is 3.50. The topological polar surface area (TPSA) is 63.4 Å². The van der Waals surface area contributed by atoms with Crippen molar-refractivity contribution in [1.29, 1.82) is 0 Å². The second-order valence-corrected chi connectivity index (χ2v) is 5.48. The summed E-state index contributed by atoms with van der Waals surface area (Å²) in [6, 6.07) is 1.67. The molecule has 0 aliphatic heterocycles. The van der Waals surface area contributed by atoms with Crippen molar-refractivity contribution in [2.75, 3.05) is 13.1 Å². The molecule has 0 bridgehead atoms. The fourth-order valence-electron chi connectivity index (χ4n) is 2.19. The number of alkyl halides is 3. The minimum Gasteiger partial charge on any atom is -0.326 e. The Morgan fingerprint density at radius 3 is 2.77 bits per heavy atom. The van der Waals surface area contributed by atoms with Crippen LogP contribution < -0.4 is 0 Å². The molecule has 0 saturated heterocycles. The van der Waals surface area contributed by atoms with Crippen molar-refractivity contribution < 1.29 is 18.0 Å². The predicted molar refractivity (Wildman–Crippen MR) is 70.2 cm³/mol. The summed E-state index contributed by atoms with van der Waals surface area (Å²) in [6.45, 7) is 0.542. The quantitative estimate of drug-likeness (QED) is 0.864. The maximum absolute atomic E-state index is 12.7. The first-order valence-electron chi connectivity index (χ1n) is 6.88. The van der Waals surface area contributed by atoms with Gasteiger partial charge in [-0.15, -0.1) is 5.10 Å². The molecule has 22 heavy (non-hydrogen) atoms. The highest BCUT2D eigenvalue weighted by molar-refractivity contribution is 5.91. The van der Waals surface area contributed by atoms with Crippen LogP contribution in [0.25, 0.3) is 5.78 Å². The van der Waals surface area contributed by atoms with Crippen LogP contribution in [0.5, 0.6) is 0 Å². The summed E-state index contributed by atoms with van der Waals surface area (Å²) in [5.41, 5.74) is 0.695. The van der Waals surface area contributed by atoms with Crippen LogP contribution in [0.1, 0.15) is 29.2 Å². The van der Waals surface area contributed by atoms with Crippen LogP contribution in [0.2, 0.25) is 0 Å². The minimum absolute atomic E-state index is 0.0836. The minimum atomic E-state index is -4.45. The van der Waals surface area contributed by atoms with E-state index in [1.54, 1.807) is 13.0 Å². The molecule has 0 radical (unpaired) electrons. The average molecular weight is 313 g/mol. The molecule has 3 rings (SSSR count). The predicted octanol–water partition coefficient (Wildman–Crippen LogP) is 1.85. The van der Waals surface area contributed by atoms with E-state index in [0.717, 1.165) is 17.7 Å². The molecular formula is C13H14F3N5O. The van der Waals surface area contributed by atoms with E-state index >= 15 is 0 Å². The smallest absolute Gasteiger partial charge is 0.326 e. The summed E-state index contributed by atoms with van der Waals surface area (Å²) in [7, 11) is 0. The molecule has 6 nitrogen and oxygen atoms in total. The first kappa shape index (κ1) is 14.7. The lowest BCUT2D eigenvalue weighted by atomic mass is 10.3. The lowest BCUT2D eigenvalue weighted by Gasteiger charge is -2.22. The van der Waals surface area contributed by atoms with Gasteiger partial charge in [-0.25, -0.2) is 9.50 Å². The van der Waals surface area contributed by atoms with Gasteiger partial charge < -0.3 is 4.90 Å². The number of halogens is 3. The van der Waals surface area contributed by atoms with E-state index in [2.05, 4.69) is 15.1 Å². The van der Waals surface area contributed by atoms with Gasteiger partial charge in [0.15, 0.2) is 0 Å². The second kappa shape index (κ2) is 5.22. The van der Waals surface area contributed by atoms with Gasteiger partial charge in [0.05, 0.1) is 0 Å². The average Bonchev–Trinajstić information content (AvgIpc) is 3.12. The molecule has 0 N–H and O–H groups in total. The summed E-state index contributed by atoms with van der Waals surface area (Å²) in [4.78, 5) is 21.0. The zero-order valence-corrected chi connectivity index (χ0v) is 11.8. The normalized spacial score (nSPS) is 15.3. The second-order valence-electron chi connectivity index (χ2n) is 5.48. The first-order valence-corrected chi connectivity index (χ1v) is 6.88. The number of rotatable bonds is 4. The van der Waals surface area contributed by atoms with Gasteiger partial charge in [-0.05, 0) is 31.7 Å². The highest BCUT2D eigenvalue weighted by Gasteiger charge is 2.37. The van der Waals surface area contributed by atoms with Crippen molar-refractivity contribution >= 4 is 11.7 Å². The largest absolute Gasteiger partial charge is 0.406 e. The van der Waals surface area contributed by atoms with Gasteiger partial charge in [-0.2, -0.15) is 18.2 Å². The maximum atomic E-state index is 12.7. The SMILES string of the molecule is Cc1ccnc2nc(C(=O)N(CC3CC3)CC(F)(F)F)nn12. The van der Waals surface area contributed by atoms with Crippen LogP contribution >= 0.6 is 0 Å². The van der Waals surface area contributed by atoms with E-state index in [0.29, 0.717) is 5.69 Å². The van der Waals surface area contributed by atoms with E-state index in [9.17, 15) is 18.0 Å². The molecule has 118 valence electrons. The third kappa shape index (κ3) is 3.18. The third-order valence-electron chi connectivity index (χ3n) is 3.45. The Morgan fingerprint density at radius 1 is 1.45 bits per heavy atom. The Hall–Kier alpha value is -2.19. The van der Waals surface area contributed by atoms with E-state index in [1.807, 2.05) is 0 Å². The van der Waals surface area contributed by atoms with E-state index in [4.69, 9.17) is 0 Å². The van der Waals surface area contributed by atoms with E-state index in [1.165, 1.54) is 10.7 Å². The van der Waals surface area contributed by atoms with Crippen molar-refractivity contribution in [3.63, 3.8) is 0 Å². The summed E-state index contributed by atoms with van der Waals surface area (Å²) < 4.78 is 39.4. The maximum Gasteiger partial charge on any atom is 0.406 e. The molecule has 1 aliphatic rings. The highest BCUT2D eigenvalue weighted by atomic mass is 19.4. The molecule has 2 aromatic heterocycles. The lowest BCUT2D eigenvalue weighted by Crippen LogP contribution is -2.40. The summed E-state index contributed by atoms with van der Waals surface area (Å²) >= 11 is 0. The van der Waals surface area contributed by atoms with Gasteiger partial charge >= 0.3 is 6.18 Å². The highest BCUT2D eigenvalue weighted by Crippen LogP contribution is 2.31. The summed E-state index contributed by atoms with van der Waals surface area (Å²) in [5, 5.41) is 3.98. The molecule has 1 saturated carbocycles. The van der Waals surface area contributed by atoms with Gasteiger partial charge in [-0.1, -0.05) is 0 Å². The van der Waals surface area contributed by atoms with Crippen LogP contribution in [0, 0.1) is 12.8 Å². The van der Waals surface area contributed by atoms with Crippen molar-refractivity contribution in [2.45, 2.75) is 25.9 Å². The molecule has 0 aromatic carbocycles. The van der Waals surface area contributed by atoms with Gasteiger partial charge in [0.2, 0.25) is 5.82 Å². The Labute approximate surface area is 124 Å². The number of fused-ring (bicyclic) bond motifs is 1. The fourth-order valence-corrected chi connectivity index (χ4v) is 2.19. The number of aromatic nitrogens is 4. The van der Waals surface area contributed by atoms with Crippen LogP contribution in [0.3, 0.4) is 0 Å². The van der Waals surface area contributed by atoms with E-state index < -0.39 is 18.6 Å². The molecule has 0 spiro atoms. The van der Waals surface area contributed by atoms with Crippen molar-refractivity contribution in [3.8, 4) is 0 Å². The van der Waals surface area contributed by atoms with Crippen LogP contribution in [-0.2, 0) is 0 Å². The molecule has 1 aliphatic carbocycles. The summed E-state index contributed by atoms with van der Waals surface area (Å²) in [6.07, 6.45) is -1.25. The molecule has 1 amide bonds. The van der Waals surface area contributed by atoms with Gasteiger partial charge in [-0.3, -0.25) is 4.79 Å². The molecule has 2 heterocycles. The van der Waals surface area contributed by atoms with Gasteiger partial charge in [0, 0.05) is 18.4 Å². The van der Waals surface area contributed by atoms with Crippen LogP contribution in [-0.4, -0.2) is 49.7 Å². The molecule has 9 heteroatoms. The van der Waals surface area contributed by atoms with Gasteiger partial charge in [0.25, 0.3) is 11.7 Å². The Bertz CT molecular complexity index is 707. The number of carbonyl (C=O) groups excluding carboxylic acids is 1. The first-order chi connectivity index (χ1) is 10.3. The van der Waals surface area contributed by atoms with Crippen LogP contribution in [0.4, 0.5) is 13.2 Å². The van der Waals surface area contributed by atoms with Crippen molar-refractivity contribution in [3.05, 3.63) is 23.8 Å². The zero-order valence-electron chi connectivity index (χ0n) is 11.8. The van der Waals surface area contributed by atoms with Crippen molar-refractivity contribution in [2.24, 2.45) is 5.92 Å². The van der Waals surface area contributed by atoms with Gasteiger partial charge in [0.1, 0.15) is 6.54 Å². The van der Waals surface area contributed by atoms with Crippen molar-refractivity contribution in [1.82, 2.24) is 24.5 Å². The standard InChI is InChI=1S/C13H14F3N5O/c1-8-4-5-17-12-18-10(19-21(8)12)11(22)20(6-9-2-3-9)7-13(14,15)16/h4-5,9H,2-3,6-7H2,1H3. The molecule has 0 atom stereocenters. The number of aryl methyl sites for hydroxylation is 1. The molecule has 0 unspecified atom stereocenters. The van der Waals surface area contributed by atoms with E-state index in [-0.39, 0.29) is 24.1 Å². The number of hydrogen-bond donors (Lipinski definition) is 0. The Balaban J connectivity index is 1.88. The number of amides is 1. The zero-order chi connectivity index (χ0) is 15.9. The van der Waals surface area contributed by atoms with Crippen LogP contribution in [0.15, 0.2) is 12.3 Å². The monoisotopic (exact) mass is 313 g/mol. The number of nitrogens with zero attached hydrogens (tertiary/aromatic N) is 5. The molecule has 2 aromatic rings. The fraction of sp³-hybridized carbons (Fsp3) is 0.538. The lowest BCUT2D eigenvalue weighted by molar-refractivity contribution is -0.141. The number of hydrogen-bond acceptors (Lipinski definition) is 4. The molecule has 1 fully saturated rings. The molecular weight excluding hydrogens is 299 g/mol. The number of carbonyl (C=O) groups is 1. The third-order valence-corrected chi connectivity index (χ3v) is 3.45. The summed E-state index contributed by atoms with van der Waals surface area (Å²) in [5.74, 6) is -0.731. The Morgan fingerprint density at radius 2 is 2.18 bits per heavy atom.